The number of hydrogen-bond donors (Lipinski definition) is 1. The van der Waals surface area contributed by atoms with E-state index in [9.17, 15) is 9.59 Å². The molecule has 1 aromatic carbocycles. The summed E-state index contributed by atoms with van der Waals surface area (Å²) >= 11 is 0. The molecule has 2 atom stereocenters. The fraction of sp³-hybridized carbons (Fsp3) is 0.412. The van der Waals surface area contributed by atoms with Gasteiger partial charge in [-0.15, -0.1) is 0 Å². The number of nitrogens with zero attached hydrogens (tertiary/aromatic N) is 1. The standard InChI is InChI=1S/C17H20N2O4/c1-11-6-12(8-18)9-19(11)16(20)10-22-14-4-2-13-3-5-17(21)23-15(13)7-14/h2-5,7,11-12H,6,8-10,18H2,1H3. The van der Waals surface area contributed by atoms with Gasteiger partial charge < -0.3 is 19.8 Å². The zero-order chi connectivity index (χ0) is 16.4. The third-order valence-electron chi connectivity index (χ3n) is 4.27. The van der Waals surface area contributed by atoms with Crippen molar-refractivity contribution in [3.8, 4) is 5.75 Å². The highest BCUT2D eigenvalue weighted by atomic mass is 16.5. The Balaban J connectivity index is 1.66. The van der Waals surface area contributed by atoms with Crippen molar-refractivity contribution in [1.82, 2.24) is 4.90 Å². The minimum Gasteiger partial charge on any atom is -0.484 e. The van der Waals surface area contributed by atoms with Gasteiger partial charge >= 0.3 is 5.63 Å². The van der Waals surface area contributed by atoms with E-state index in [-0.39, 0.29) is 18.6 Å². The molecule has 3 rings (SSSR count). The van der Waals surface area contributed by atoms with Crippen LogP contribution in [0.15, 0.2) is 39.5 Å². The summed E-state index contributed by atoms with van der Waals surface area (Å²) in [5, 5.41) is 0.808. The second kappa shape index (κ2) is 6.42. The predicted molar refractivity (Wildman–Crippen MR) is 86.3 cm³/mol. The number of benzene rings is 1. The third kappa shape index (κ3) is 3.37. The number of fused-ring (bicyclic) bond motifs is 1. The van der Waals surface area contributed by atoms with Crippen LogP contribution in [-0.4, -0.2) is 36.5 Å². The van der Waals surface area contributed by atoms with Crippen molar-refractivity contribution in [2.24, 2.45) is 11.7 Å². The van der Waals surface area contributed by atoms with Gasteiger partial charge in [0, 0.05) is 30.1 Å². The lowest BCUT2D eigenvalue weighted by molar-refractivity contribution is -0.134. The zero-order valence-corrected chi connectivity index (χ0v) is 13.0. The lowest BCUT2D eigenvalue weighted by Gasteiger charge is -2.21. The molecule has 2 aromatic rings. The van der Waals surface area contributed by atoms with Crippen molar-refractivity contribution in [3.63, 3.8) is 0 Å². The molecule has 0 spiro atoms. The Labute approximate surface area is 133 Å². The fourth-order valence-electron chi connectivity index (χ4n) is 3.02. The normalized spacial score (nSPS) is 20.9. The van der Waals surface area contributed by atoms with E-state index < -0.39 is 5.63 Å². The summed E-state index contributed by atoms with van der Waals surface area (Å²) in [6, 6.07) is 8.42. The lowest BCUT2D eigenvalue weighted by atomic mass is 10.1. The Morgan fingerprint density at radius 1 is 1.39 bits per heavy atom. The van der Waals surface area contributed by atoms with E-state index in [1.54, 1.807) is 24.3 Å². The SMILES string of the molecule is CC1CC(CN)CN1C(=O)COc1ccc2ccc(=O)oc2c1. The molecule has 0 aliphatic carbocycles. The number of carbonyl (C=O) groups is 1. The fourth-order valence-corrected chi connectivity index (χ4v) is 3.02. The number of ether oxygens (including phenoxy) is 1. The molecule has 6 heteroatoms. The zero-order valence-electron chi connectivity index (χ0n) is 13.0. The van der Waals surface area contributed by atoms with Crippen LogP contribution in [0.5, 0.6) is 5.75 Å². The highest BCUT2D eigenvalue weighted by Crippen LogP contribution is 2.23. The first-order valence-corrected chi connectivity index (χ1v) is 7.73. The van der Waals surface area contributed by atoms with Crippen molar-refractivity contribution in [2.45, 2.75) is 19.4 Å². The van der Waals surface area contributed by atoms with Crippen molar-refractivity contribution < 1.29 is 13.9 Å². The van der Waals surface area contributed by atoms with Crippen LogP contribution in [0.4, 0.5) is 0 Å². The van der Waals surface area contributed by atoms with Gasteiger partial charge in [-0.05, 0) is 44.0 Å². The van der Waals surface area contributed by atoms with Gasteiger partial charge in [-0.1, -0.05) is 0 Å². The molecule has 1 fully saturated rings. The molecule has 0 radical (unpaired) electrons. The van der Waals surface area contributed by atoms with Gasteiger partial charge in [-0.2, -0.15) is 0 Å². The summed E-state index contributed by atoms with van der Waals surface area (Å²) in [6.45, 7) is 3.27. The Kier molecular flexibility index (Phi) is 4.34. The molecule has 1 aromatic heterocycles. The van der Waals surface area contributed by atoms with Gasteiger partial charge in [0.2, 0.25) is 0 Å². The number of rotatable bonds is 4. The van der Waals surface area contributed by atoms with E-state index in [0.29, 0.717) is 30.3 Å². The molecule has 0 saturated carbocycles. The highest BCUT2D eigenvalue weighted by Gasteiger charge is 2.31. The third-order valence-corrected chi connectivity index (χ3v) is 4.27. The largest absolute Gasteiger partial charge is 0.484 e. The number of likely N-dealkylation sites (tertiary alicyclic amines) is 1. The molecular weight excluding hydrogens is 296 g/mol. The van der Waals surface area contributed by atoms with Gasteiger partial charge in [0.05, 0.1) is 0 Å². The summed E-state index contributed by atoms with van der Waals surface area (Å²) in [6.07, 6.45) is 0.934. The van der Waals surface area contributed by atoms with Gasteiger partial charge in [0.1, 0.15) is 11.3 Å². The van der Waals surface area contributed by atoms with E-state index in [2.05, 4.69) is 0 Å². The van der Waals surface area contributed by atoms with E-state index in [0.717, 1.165) is 11.8 Å². The van der Waals surface area contributed by atoms with E-state index >= 15 is 0 Å². The first kappa shape index (κ1) is 15.6. The summed E-state index contributed by atoms with van der Waals surface area (Å²) in [4.78, 5) is 25.4. The molecular formula is C17H20N2O4. The Bertz CT molecular complexity index is 771. The van der Waals surface area contributed by atoms with Gasteiger partial charge in [-0.25, -0.2) is 4.79 Å². The van der Waals surface area contributed by atoms with Crippen molar-refractivity contribution in [3.05, 3.63) is 40.8 Å². The summed E-state index contributed by atoms with van der Waals surface area (Å²) in [5.74, 6) is 0.814. The lowest BCUT2D eigenvalue weighted by Crippen LogP contribution is -2.37. The van der Waals surface area contributed by atoms with Crippen molar-refractivity contribution in [2.75, 3.05) is 19.7 Å². The van der Waals surface area contributed by atoms with Gasteiger partial charge in [0.15, 0.2) is 6.61 Å². The molecule has 1 saturated heterocycles. The average molecular weight is 316 g/mol. The van der Waals surface area contributed by atoms with Crippen molar-refractivity contribution >= 4 is 16.9 Å². The number of amides is 1. The van der Waals surface area contributed by atoms with Crippen LogP contribution in [0.25, 0.3) is 11.0 Å². The molecule has 1 aliphatic rings. The van der Waals surface area contributed by atoms with Crippen LogP contribution >= 0.6 is 0 Å². The predicted octanol–water partition coefficient (Wildman–Crippen LogP) is 1.37. The number of nitrogens with two attached hydrogens (primary N) is 1. The second-order valence-corrected chi connectivity index (χ2v) is 5.98. The van der Waals surface area contributed by atoms with Gasteiger partial charge in [-0.3, -0.25) is 4.79 Å². The molecule has 2 unspecified atom stereocenters. The maximum absolute atomic E-state index is 12.3. The molecule has 0 bridgehead atoms. The van der Waals surface area contributed by atoms with Crippen molar-refractivity contribution in [1.29, 1.82) is 0 Å². The summed E-state index contributed by atoms with van der Waals surface area (Å²) < 4.78 is 10.7. The Morgan fingerprint density at radius 3 is 2.91 bits per heavy atom. The average Bonchev–Trinajstić information content (AvgIpc) is 2.93. The van der Waals surface area contributed by atoms with Crippen LogP contribution in [-0.2, 0) is 4.79 Å². The van der Waals surface area contributed by atoms with E-state index in [1.807, 2.05) is 11.8 Å². The molecule has 122 valence electrons. The summed E-state index contributed by atoms with van der Waals surface area (Å²) in [5.41, 5.74) is 5.72. The van der Waals surface area contributed by atoms with E-state index in [4.69, 9.17) is 14.9 Å². The van der Waals surface area contributed by atoms with Crippen LogP contribution in [0.1, 0.15) is 13.3 Å². The Morgan fingerprint density at radius 2 is 2.17 bits per heavy atom. The quantitative estimate of drug-likeness (QED) is 0.861. The smallest absolute Gasteiger partial charge is 0.336 e. The highest BCUT2D eigenvalue weighted by molar-refractivity contribution is 5.79. The maximum Gasteiger partial charge on any atom is 0.336 e. The number of carbonyl (C=O) groups excluding carboxylic acids is 1. The van der Waals surface area contributed by atoms with Crippen LogP contribution < -0.4 is 16.1 Å². The molecule has 2 heterocycles. The minimum absolute atomic E-state index is 0.0375. The molecule has 23 heavy (non-hydrogen) atoms. The van der Waals surface area contributed by atoms with Gasteiger partial charge in [0.25, 0.3) is 5.91 Å². The first-order valence-electron chi connectivity index (χ1n) is 7.73. The summed E-state index contributed by atoms with van der Waals surface area (Å²) in [7, 11) is 0. The maximum atomic E-state index is 12.3. The topological polar surface area (TPSA) is 85.8 Å². The molecule has 2 N–H and O–H groups in total. The van der Waals surface area contributed by atoms with Crippen LogP contribution in [0.2, 0.25) is 0 Å². The van der Waals surface area contributed by atoms with Crippen LogP contribution in [0.3, 0.4) is 0 Å². The van der Waals surface area contributed by atoms with E-state index in [1.165, 1.54) is 6.07 Å². The minimum atomic E-state index is -0.413. The first-order chi connectivity index (χ1) is 11.1. The monoisotopic (exact) mass is 316 g/mol. The molecule has 1 aliphatic heterocycles. The second-order valence-electron chi connectivity index (χ2n) is 5.98. The molecule has 1 amide bonds. The Hall–Kier alpha value is -2.34. The molecule has 6 nitrogen and oxygen atoms in total. The number of hydrogen-bond acceptors (Lipinski definition) is 5. The van der Waals surface area contributed by atoms with Crippen LogP contribution in [0, 0.1) is 5.92 Å².